The fraction of sp³-hybridized carbons (Fsp3) is 0.182. The van der Waals surface area contributed by atoms with Gasteiger partial charge in [-0.1, -0.05) is 34.8 Å². The molecule has 0 radical (unpaired) electrons. The lowest BCUT2D eigenvalue weighted by molar-refractivity contribution is -0.288. The molecule has 0 unspecified atom stereocenters. The topological polar surface area (TPSA) is 91.6 Å². The highest BCUT2D eigenvalue weighted by Gasteiger charge is 2.66. The van der Waals surface area contributed by atoms with Gasteiger partial charge in [-0.3, -0.25) is 4.79 Å². The first kappa shape index (κ1) is 24.4. The largest absolute Gasteiger partial charge is 0.459 e. The van der Waals surface area contributed by atoms with Gasteiger partial charge in [-0.2, -0.15) is 13.2 Å². The molecule has 6 nitrogen and oxygen atoms in total. The van der Waals surface area contributed by atoms with Crippen LogP contribution in [-0.4, -0.2) is 28.8 Å². The Kier molecular flexibility index (Phi) is 6.32. The molecule has 2 amide bonds. The van der Waals surface area contributed by atoms with E-state index in [2.05, 4.69) is 5.32 Å². The predicted molar refractivity (Wildman–Crippen MR) is 119 cm³/mol. The molecule has 2 aromatic carbocycles. The molecule has 1 aliphatic heterocycles. The number of ketones is 1. The van der Waals surface area contributed by atoms with Crippen molar-refractivity contribution in [3.63, 3.8) is 0 Å². The lowest BCUT2D eigenvalue weighted by Gasteiger charge is -2.44. The van der Waals surface area contributed by atoms with Crippen molar-refractivity contribution in [3.05, 3.63) is 81.0 Å². The summed E-state index contributed by atoms with van der Waals surface area (Å²) in [6.07, 6.45) is -5.40. The number of aliphatic hydroxyl groups is 1. The third-order valence-corrected chi connectivity index (χ3v) is 6.15. The molecule has 34 heavy (non-hydrogen) atoms. The third-order valence-electron chi connectivity index (χ3n) is 5.35. The molecule has 0 saturated carbocycles. The number of furan rings is 1. The molecular formula is C22H14Cl3F3N2O4. The molecule has 3 aromatic rings. The van der Waals surface area contributed by atoms with E-state index in [1.165, 1.54) is 59.9 Å². The number of amides is 2. The number of hydrogen-bond donors (Lipinski definition) is 3. The van der Waals surface area contributed by atoms with Gasteiger partial charge in [0.15, 0.2) is 5.78 Å². The highest BCUT2D eigenvalue weighted by Crippen LogP contribution is 2.45. The summed E-state index contributed by atoms with van der Waals surface area (Å²) in [4.78, 5) is 25.4. The van der Waals surface area contributed by atoms with Crippen LogP contribution < -0.4 is 10.6 Å². The van der Waals surface area contributed by atoms with E-state index < -0.39 is 35.7 Å². The molecule has 12 heteroatoms. The van der Waals surface area contributed by atoms with Crippen LogP contribution in [-0.2, 0) is 0 Å². The van der Waals surface area contributed by atoms with Crippen LogP contribution in [0.25, 0.3) is 11.3 Å². The van der Waals surface area contributed by atoms with Crippen molar-refractivity contribution in [2.75, 3.05) is 0 Å². The van der Waals surface area contributed by atoms with Crippen molar-refractivity contribution in [3.8, 4) is 11.3 Å². The summed E-state index contributed by atoms with van der Waals surface area (Å²) in [5.74, 6) is -3.40. The number of carbonyl (C=O) groups is 2. The lowest BCUT2D eigenvalue weighted by atomic mass is 9.79. The van der Waals surface area contributed by atoms with Crippen LogP contribution in [0.5, 0.6) is 0 Å². The number of urea groups is 1. The molecule has 178 valence electrons. The number of rotatable bonds is 4. The average Bonchev–Trinajstić information content (AvgIpc) is 3.22. The first-order valence-electron chi connectivity index (χ1n) is 9.63. The molecule has 2 heterocycles. The number of halogens is 6. The van der Waals surface area contributed by atoms with Gasteiger partial charge in [0.2, 0.25) is 5.72 Å². The van der Waals surface area contributed by atoms with Gasteiger partial charge >= 0.3 is 12.2 Å². The van der Waals surface area contributed by atoms with Crippen molar-refractivity contribution in [1.82, 2.24) is 10.6 Å². The second-order valence-corrected chi connectivity index (χ2v) is 8.80. The zero-order valence-electron chi connectivity index (χ0n) is 16.8. The number of Topliss-reactive ketones (excluding diaryl/α,β-unsaturated/α-hetero) is 1. The van der Waals surface area contributed by atoms with Crippen LogP contribution in [0, 0.1) is 5.92 Å². The van der Waals surface area contributed by atoms with Gasteiger partial charge in [0, 0.05) is 21.2 Å². The van der Waals surface area contributed by atoms with E-state index in [0.717, 1.165) is 0 Å². The Bertz CT molecular complexity index is 1260. The Balaban J connectivity index is 1.82. The van der Waals surface area contributed by atoms with E-state index in [1.54, 1.807) is 0 Å². The van der Waals surface area contributed by atoms with Gasteiger partial charge in [0.1, 0.15) is 23.5 Å². The Morgan fingerprint density at radius 1 is 1.00 bits per heavy atom. The zero-order chi connectivity index (χ0) is 24.8. The summed E-state index contributed by atoms with van der Waals surface area (Å²) in [7, 11) is 0. The minimum Gasteiger partial charge on any atom is -0.459 e. The minimum atomic E-state index is -5.40. The first-order chi connectivity index (χ1) is 15.9. The molecule has 1 saturated heterocycles. The lowest BCUT2D eigenvalue weighted by Crippen LogP contribution is -2.72. The van der Waals surface area contributed by atoms with Crippen LogP contribution >= 0.6 is 34.8 Å². The smallest absolute Gasteiger partial charge is 0.437 e. The summed E-state index contributed by atoms with van der Waals surface area (Å²) in [6, 6.07) is 9.27. The van der Waals surface area contributed by atoms with E-state index in [-0.39, 0.29) is 27.1 Å². The van der Waals surface area contributed by atoms with Crippen molar-refractivity contribution in [1.29, 1.82) is 0 Å². The maximum absolute atomic E-state index is 14.0. The fourth-order valence-electron chi connectivity index (χ4n) is 3.72. The summed E-state index contributed by atoms with van der Waals surface area (Å²) < 4.78 is 47.7. The summed E-state index contributed by atoms with van der Waals surface area (Å²) >= 11 is 17.9. The average molecular weight is 534 g/mol. The maximum Gasteiger partial charge on any atom is 0.437 e. The number of carbonyl (C=O) groups excluding carboxylic acids is 2. The van der Waals surface area contributed by atoms with Crippen LogP contribution in [0.3, 0.4) is 0 Å². The highest BCUT2D eigenvalue weighted by molar-refractivity contribution is 6.36. The summed E-state index contributed by atoms with van der Waals surface area (Å²) in [6.45, 7) is 0. The highest BCUT2D eigenvalue weighted by atomic mass is 35.5. The Labute approximate surface area is 205 Å². The number of benzene rings is 2. The normalized spacial score (nSPS) is 22.7. The van der Waals surface area contributed by atoms with Crippen LogP contribution in [0.2, 0.25) is 15.1 Å². The molecule has 0 spiro atoms. The Morgan fingerprint density at radius 3 is 2.26 bits per heavy atom. The van der Waals surface area contributed by atoms with Gasteiger partial charge in [0.25, 0.3) is 0 Å². The van der Waals surface area contributed by atoms with E-state index in [1.807, 2.05) is 0 Å². The molecular weight excluding hydrogens is 520 g/mol. The second kappa shape index (κ2) is 8.81. The molecule has 1 aliphatic rings. The van der Waals surface area contributed by atoms with E-state index in [9.17, 15) is 27.9 Å². The van der Waals surface area contributed by atoms with Gasteiger partial charge < -0.3 is 20.2 Å². The Morgan fingerprint density at radius 2 is 1.65 bits per heavy atom. The van der Waals surface area contributed by atoms with Gasteiger partial charge in [0.05, 0.1) is 5.02 Å². The molecule has 3 atom stereocenters. The van der Waals surface area contributed by atoms with Gasteiger partial charge in [-0.05, 0) is 54.6 Å². The number of nitrogens with one attached hydrogen (secondary N) is 2. The SMILES string of the molecule is O=C1N[C@H](c2ccc(-c3ccc(Cl)cc3Cl)o2)[C@@H](C(=O)c2ccc(Cl)cc2)[C@](O)(C(F)(F)F)N1. The van der Waals surface area contributed by atoms with Crippen molar-refractivity contribution >= 4 is 46.6 Å². The van der Waals surface area contributed by atoms with Crippen LogP contribution in [0.4, 0.5) is 18.0 Å². The molecule has 4 rings (SSSR count). The van der Waals surface area contributed by atoms with Crippen LogP contribution in [0.15, 0.2) is 59.0 Å². The second-order valence-electron chi connectivity index (χ2n) is 7.52. The number of alkyl halides is 3. The van der Waals surface area contributed by atoms with Crippen molar-refractivity contribution < 1.29 is 32.3 Å². The molecule has 0 aliphatic carbocycles. The maximum atomic E-state index is 14.0. The summed E-state index contributed by atoms with van der Waals surface area (Å²) in [5.41, 5.74) is -3.67. The predicted octanol–water partition coefficient (Wildman–Crippen LogP) is 6.01. The molecule has 1 aromatic heterocycles. The fourth-order valence-corrected chi connectivity index (χ4v) is 4.35. The third kappa shape index (κ3) is 4.36. The van der Waals surface area contributed by atoms with E-state index in [4.69, 9.17) is 39.2 Å². The molecule has 0 bridgehead atoms. The van der Waals surface area contributed by atoms with Crippen molar-refractivity contribution in [2.45, 2.75) is 17.9 Å². The summed E-state index contributed by atoms with van der Waals surface area (Å²) in [5, 5.41) is 15.2. The zero-order valence-corrected chi connectivity index (χ0v) is 19.1. The van der Waals surface area contributed by atoms with Gasteiger partial charge in [-0.15, -0.1) is 0 Å². The molecule has 1 fully saturated rings. The number of hydrogen-bond acceptors (Lipinski definition) is 4. The first-order valence-corrected chi connectivity index (χ1v) is 10.8. The monoisotopic (exact) mass is 532 g/mol. The van der Waals surface area contributed by atoms with E-state index in [0.29, 0.717) is 10.6 Å². The van der Waals surface area contributed by atoms with E-state index >= 15 is 0 Å². The standard InChI is InChI=1S/C22H14Cl3F3N2O4/c23-11-3-1-10(2-4-11)19(31)17-18(29-20(32)30-21(17,33)22(26,27)28)16-8-7-15(34-16)13-6-5-12(24)9-14(13)25/h1-9,17-18,33H,(H2,29,30,32)/t17-,18+,21-/m0/s1. The van der Waals surface area contributed by atoms with Gasteiger partial charge in [-0.25, -0.2) is 4.79 Å². The quantitative estimate of drug-likeness (QED) is 0.358. The molecule has 3 N–H and O–H groups in total. The minimum absolute atomic E-state index is 0.151. The van der Waals surface area contributed by atoms with Crippen LogP contribution in [0.1, 0.15) is 22.2 Å². The van der Waals surface area contributed by atoms with Crippen molar-refractivity contribution in [2.24, 2.45) is 5.92 Å². The Hall–Kier alpha value is -2.72.